The molecule has 0 aliphatic carbocycles. The first kappa shape index (κ1) is 64.1. The maximum Gasteiger partial charge on any atom is 0.330 e. The van der Waals surface area contributed by atoms with Crippen molar-refractivity contribution in [1.29, 1.82) is 0 Å². The Morgan fingerprint density at radius 2 is 0.831 bits per heavy atom. The van der Waals surface area contributed by atoms with E-state index in [4.69, 9.17) is 34.3 Å². The molecule has 2 aromatic carbocycles. The summed E-state index contributed by atoms with van der Waals surface area (Å²) in [5.74, 6) is -0.497. The topological polar surface area (TPSA) is 155 Å². The molecule has 3 N–H and O–H groups in total. The first-order valence-electron chi connectivity index (χ1n) is 26.9. The summed E-state index contributed by atoms with van der Waals surface area (Å²) >= 11 is 0. The van der Waals surface area contributed by atoms with Crippen molar-refractivity contribution in [3.05, 3.63) is 120 Å². The largest absolute Gasteiger partial charge is 0.491 e. The van der Waals surface area contributed by atoms with Crippen molar-refractivity contribution in [2.45, 2.75) is 206 Å². The third-order valence-electron chi connectivity index (χ3n) is 11.9. The van der Waals surface area contributed by atoms with E-state index in [9.17, 15) is 14.4 Å². The molecule has 0 saturated carbocycles. The van der Waals surface area contributed by atoms with Crippen LogP contribution in [0, 0.1) is 0 Å². The Morgan fingerprint density at radius 3 is 1.11 bits per heavy atom. The highest BCUT2D eigenvalue weighted by Gasteiger charge is 2.26. The molecule has 2 aliphatic heterocycles. The minimum atomic E-state index is -0.935. The predicted molar refractivity (Wildman–Crippen MR) is 292 cm³/mol. The lowest BCUT2D eigenvalue weighted by atomic mass is 9.78. The smallest absolute Gasteiger partial charge is 0.330 e. The van der Waals surface area contributed by atoms with E-state index in [2.05, 4.69) is 107 Å². The van der Waals surface area contributed by atoms with Crippen LogP contribution in [0.4, 0.5) is 0 Å². The number of ether oxygens (including phenoxy) is 4. The van der Waals surface area contributed by atoms with E-state index in [1.54, 1.807) is 0 Å². The van der Waals surface area contributed by atoms with Gasteiger partial charge in [-0.2, -0.15) is 0 Å². The van der Waals surface area contributed by atoms with E-state index in [1.807, 2.05) is 24.3 Å². The summed E-state index contributed by atoms with van der Waals surface area (Å²) in [5, 5.41) is 24.9. The van der Waals surface area contributed by atoms with Gasteiger partial charge in [-0.3, -0.25) is 9.59 Å². The molecular weight excluding hydrogens is 893 g/mol. The molecule has 0 aromatic heterocycles. The molecular formula is C61H94O10. The molecule has 2 heterocycles. The molecule has 2 saturated heterocycles. The van der Waals surface area contributed by atoms with Gasteiger partial charge in [0, 0.05) is 23.8 Å². The normalized spacial score (nSPS) is 14.8. The summed E-state index contributed by atoms with van der Waals surface area (Å²) < 4.78 is 21.8. The molecule has 10 heteroatoms. The van der Waals surface area contributed by atoms with Crippen LogP contribution in [0.25, 0.3) is 0 Å². The van der Waals surface area contributed by atoms with Crippen LogP contribution in [-0.4, -0.2) is 71.9 Å². The number of aliphatic carboxylic acids is 3. The third kappa shape index (κ3) is 39.4. The number of carboxylic acids is 3. The van der Waals surface area contributed by atoms with Crippen LogP contribution in [0.15, 0.2) is 109 Å². The second kappa shape index (κ2) is 42.7. The fourth-order valence-corrected chi connectivity index (χ4v) is 6.98. The Hall–Kier alpha value is -4.93. The van der Waals surface area contributed by atoms with Crippen molar-refractivity contribution in [2.24, 2.45) is 0 Å². The zero-order valence-corrected chi connectivity index (χ0v) is 44.6. The van der Waals surface area contributed by atoms with Gasteiger partial charge < -0.3 is 34.3 Å². The van der Waals surface area contributed by atoms with Crippen LogP contribution in [0.1, 0.15) is 200 Å². The van der Waals surface area contributed by atoms with Gasteiger partial charge in [0.05, 0.1) is 13.2 Å². The van der Waals surface area contributed by atoms with E-state index < -0.39 is 17.9 Å². The van der Waals surface area contributed by atoms with Crippen molar-refractivity contribution < 1.29 is 48.7 Å². The van der Waals surface area contributed by atoms with E-state index in [-0.39, 0.29) is 23.2 Å². The number of allylic oxidation sites excluding steroid dienone is 8. The summed E-state index contributed by atoms with van der Waals surface area (Å²) in [5.41, 5.74) is 2.59. The zero-order chi connectivity index (χ0) is 52.2. The quantitative estimate of drug-likeness (QED) is 0.0258. The van der Waals surface area contributed by atoms with Crippen molar-refractivity contribution in [2.75, 3.05) is 26.4 Å². The predicted octanol–water partition coefficient (Wildman–Crippen LogP) is 16.0. The van der Waals surface area contributed by atoms with Gasteiger partial charge in [-0.1, -0.05) is 171 Å². The van der Waals surface area contributed by atoms with Crippen molar-refractivity contribution >= 4 is 17.9 Å². The number of benzene rings is 2. The molecule has 4 rings (SSSR count). The highest BCUT2D eigenvalue weighted by molar-refractivity contribution is 5.84. The summed E-state index contributed by atoms with van der Waals surface area (Å²) in [7, 11) is 0. The van der Waals surface area contributed by atoms with Crippen LogP contribution in [0.3, 0.4) is 0 Å². The lowest BCUT2D eigenvalue weighted by Gasteiger charge is -2.26. The number of hydrogen-bond acceptors (Lipinski definition) is 7. The number of rotatable bonds is 37. The average Bonchev–Trinajstić information content (AvgIpc) is 4.31. The Balaban J connectivity index is 0.000000508. The highest BCUT2D eigenvalue weighted by atomic mass is 16.6. The number of unbranched alkanes of at least 4 members (excludes halogenated alkanes) is 16. The Kier molecular flexibility index (Phi) is 38.6. The second-order valence-corrected chi connectivity index (χ2v) is 19.0. The summed E-state index contributed by atoms with van der Waals surface area (Å²) in [6.07, 6.45) is 45.1. The monoisotopic (exact) mass is 987 g/mol. The van der Waals surface area contributed by atoms with Crippen LogP contribution in [-0.2, 0) is 29.3 Å². The minimum absolute atomic E-state index is 0.0870. The maximum atomic E-state index is 10.3. The molecule has 0 radical (unpaired) electrons. The number of hydrogen-bond donors (Lipinski definition) is 3. The molecule has 2 aliphatic rings. The van der Waals surface area contributed by atoms with E-state index in [0.29, 0.717) is 26.1 Å². The van der Waals surface area contributed by atoms with Gasteiger partial charge in [-0.25, -0.2) is 4.79 Å². The summed E-state index contributed by atoms with van der Waals surface area (Å²) in [4.78, 5) is 30.2. The highest BCUT2D eigenvalue weighted by Crippen LogP contribution is 2.33. The minimum Gasteiger partial charge on any atom is -0.491 e. The average molecular weight is 987 g/mol. The standard InChI is InChI=1S/C21H24O4.2C18H32O2.C4H6O2/c1-21(2,15-3-7-17(8-4-15)22-11-19-13-24-19)16-5-9-18(10-6-16)23-12-20-14-25-20;2*1-2-3-4-5-6-7-8-9-10-11-12-13-14-15-16-17-18(19)20;1-3(2)4(5)6/h3-10,19-20H,11-14H2,1-2H3;2*6-7,9-10H,2-5,8,11-17H2,1H3,(H,19,20);1H2,2H3,(H,5,6)/b;2*7-6-,10-9-;. The Labute approximate surface area is 429 Å². The molecule has 71 heavy (non-hydrogen) atoms. The lowest BCUT2D eigenvalue weighted by Crippen LogP contribution is -2.18. The van der Waals surface area contributed by atoms with Gasteiger partial charge in [0.2, 0.25) is 0 Å². The molecule has 10 nitrogen and oxygen atoms in total. The van der Waals surface area contributed by atoms with Gasteiger partial charge in [-0.15, -0.1) is 0 Å². The van der Waals surface area contributed by atoms with Gasteiger partial charge >= 0.3 is 17.9 Å². The molecule has 2 unspecified atom stereocenters. The zero-order valence-electron chi connectivity index (χ0n) is 44.6. The summed E-state index contributed by atoms with van der Waals surface area (Å²) in [6, 6.07) is 16.7. The van der Waals surface area contributed by atoms with Gasteiger partial charge in [0.25, 0.3) is 0 Å². The van der Waals surface area contributed by atoms with Gasteiger partial charge in [0.1, 0.15) is 36.9 Å². The molecule has 2 fully saturated rings. The first-order chi connectivity index (χ1) is 34.3. The van der Waals surface area contributed by atoms with Crippen LogP contribution < -0.4 is 9.47 Å². The maximum absolute atomic E-state index is 10.3. The molecule has 0 amide bonds. The van der Waals surface area contributed by atoms with Gasteiger partial charge in [-0.05, 0) is 119 Å². The fraction of sp³-hybridized carbons (Fsp3) is 0.590. The molecule has 2 aromatic rings. The Morgan fingerprint density at radius 1 is 0.535 bits per heavy atom. The molecule has 2 atom stereocenters. The van der Waals surface area contributed by atoms with Crippen LogP contribution in [0.5, 0.6) is 11.5 Å². The van der Waals surface area contributed by atoms with Crippen molar-refractivity contribution in [1.82, 2.24) is 0 Å². The SMILES string of the molecule is C=C(C)C(=O)O.CC(C)(c1ccc(OCC2CO2)cc1)c1ccc(OCC2CO2)cc1.CCCCC/C=C\C/C=C\CCCCCCCC(=O)O.CCCCC/C=C\C/C=C\CCCCCCCC(=O)O. The molecule has 0 bridgehead atoms. The fourth-order valence-electron chi connectivity index (χ4n) is 6.98. The second-order valence-electron chi connectivity index (χ2n) is 19.0. The van der Waals surface area contributed by atoms with Gasteiger partial charge in [0.15, 0.2) is 0 Å². The van der Waals surface area contributed by atoms with Crippen molar-refractivity contribution in [3.8, 4) is 11.5 Å². The van der Waals surface area contributed by atoms with Crippen LogP contribution >= 0.6 is 0 Å². The Bertz CT molecular complexity index is 1650. The lowest BCUT2D eigenvalue weighted by molar-refractivity contribution is -0.138. The number of carbonyl (C=O) groups is 3. The van der Waals surface area contributed by atoms with Crippen LogP contribution in [0.2, 0.25) is 0 Å². The van der Waals surface area contributed by atoms with E-state index >= 15 is 0 Å². The van der Waals surface area contributed by atoms with E-state index in [0.717, 1.165) is 76.1 Å². The third-order valence-corrected chi connectivity index (χ3v) is 11.9. The van der Waals surface area contributed by atoms with Crippen molar-refractivity contribution in [3.63, 3.8) is 0 Å². The number of carboxylic acid groups (broad SMARTS) is 3. The molecule has 0 spiro atoms. The number of epoxide rings is 2. The first-order valence-corrected chi connectivity index (χ1v) is 26.9. The summed E-state index contributed by atoms with van der Waals surface area (Å²) in [6.45, 7) is 16.4. The van der Waals surface area contributed by atoms with E-state index in [1.165, 1.54) is 108 Å². The molecule has 398 valence electrons.